The second-order valence-corrected chi connectivity index (χ2v) is 8.32. The van der Waals surface area contributed by atoms with Crippen LogP contribution in [0.5, 0.6) is 0 Å². The molecule has 35 heavy (non-hydrogen) atoms. The monoisotopic (exact) mass is 482 g/mol. The lowest BCUT2D eigenvalue weighted by Gasteiger charge is -2.29. The van der Waals surface area contributed by atoms with E-state index in [1.54, 1.807) is 20.9 Å². The van der Waals surface area contributed by atoms with Gasteiger partial charge in [0, 0.05) is 18.4 Å². The van der Waals surface area contributed by atoms with Gasteiger partial charge in [-0.05, 0) is 48.6 Å². The van der Waals surface area contributed by atoms with Crippen LogP contribution in [0.15, 0.2) is 59.2 Å². The van der Waals surface area contributed by atoms with Gasteiger partial charge >= 0.3 is 17.8 Å². The summed E-state index contributed by atoms with van der Waals surface area (Å²) in [6.45, 7) is 5.54. The molecule has 0 bridgehead atoms. The zero-order valence-electron chi connectivity index (χ0n) is 20.4. The van der Waals surface area contributed by atoms with Crippen LogP contribution >= 0.6 is 0 Å². The standard InChI is InChI=1S/C25H30N4O6/c1-5-13-34-24(30)19-16(2)27-17(3)20(21(19)22-23(29(32)33)26-15-28(22)4)25(31)35-14-9-12-18-10-7-6-8-11-18/h6-8,10-11,15,21,27H,5,9,12-14H2,1-4H3. The van der Waals surface area contributed by atoms with Gasteiger partial charge in [0.25, 0.3) is 0 Å². The van der Waals surface area contributed by atoms with Gasteiger partial charge in [-0.15, -0.1) is 0 Å². The van der Waals surface area contributed by atoms with E-state index in [2.05, 4.69) is 10.3 Å². The number of rotatable bonds is 10. The maximum absolute atomic E-state index is 13.3. The first kappa shape index (κ1) is 25.7. The molecule has 0 spiro atoms. The van der Waals surface area contributed by atoms with E-state index in [1.165, 1.54) is 10.9 Å². The van der Waals surface area contributed by atoms with Crippen molar-refractivity contribution in [2.45, 2.75) is 46.0 Å². The minimum absolute atomic E-state index is 0.106. The van der Waals surface area contributed by atoms with E-state index in [4.69, 9.17) is 9.47 Å². The summed E-state index contributed by atoms with van der Waals surface area (Å²) in [7, 11) is 1.58. The SMILES string of the molecule is CCCOC(=O)C1=C(C)NC(C)=C(C(=O)OCCCc2ccccc2)C1c1c([N+](=O)[O-])ncn1C. The molecule has 186 valence electrons. The summed E-state index contributed by atoms with van der Waals surface area (Å²) in [6.07, 6.45) is 3.23. The van der Waals surface area contributed by atoms with Crippen LogP contribution in [-0.4, -0.2) is 39.6 Å². The summed E-state index contributed by atoms with van der Waals surface area (Å²) >= 11 is 0. The van der Waals surface area contributed by atoms with E-state index in [-0.39, 0.29) is 30.1 Å². The molecule has 0 fully saturated rings. The Hall–Kier alpha value is -3.95. The Morgan fingerprint density at radius 2 is 1.69 bits per heavy atom. The van der Waals surface area contributed by atoms with Crippen LogP contribution in [-0.2, 0) is 32.5 Å². The van der Waals surface area contributed by atoms with Gasteiger partial charge in [-0.1, -0.05) is 37.3 Å². The molecular weight excluding hydrogens is 452 g/mol. The van der Waals surface area contributed by atoms with Gasteiger partial charge in [0.15, 0.2) is 0 Å². The number of aryl methyl sites for hydroxylation is 2. The Morgan fingerprint density at radius 3 is 2.26 bits per heavy atom. The molecule has 1 aliphatic rings. The number of hydrogen-bond donors (Lipinski definition) is 1. The van der Waals surface area contributed by atoms with E-state index in [9.17, 15) is 19.7 Å². The van der Waals surface area contributed by atoms with Crippen molar-refractivity contribution in [2.75, 3.05) is 13.2 Å². The van der Waals surface area contributed by atoms with Gasteiger partial charge in [-0.25, -0.2) is 9.59 Å². The van der Waals surface area contributed by atoms with Gasteiger partial charge in [0.2, 0.25) is 6.33 Å². The molecule has 1 aromatic heterocycles. The molecule has 0 saturated heterocycles. The number of carbonyl (C=O) groups excluding carboxylic acids is 2. The van der Waals surface area contributed by atoms with Crippen molar-refractivity contribution >= 4 is 17.8 Å². The smallest absolute Gasteiger partial charge is 0.385 e. The molecule has 1 N–H and O–H groups in total. The fourth-order valence-electron chi connectivity index (χ4n) is 4.15. The molecule has 1 unspecified atom stereocenters. The van der Waals surface area contributed by atoms with Gasteiger partial charge in [-0.3, -0.25) is 0 Å². The number of nitrogens with zero attached hydrogens (tertiary/aromatic N) is 3. The number of hydrogen-bond acceptors (Lipinski definition) is 8. The Bertz CT molecular complexity index is 1170. The number of imidazole rings is 1. The molecule has 10 nitrogen and oxygen atoms in total. The molecule has 10 heteroatoms. The second-order valence-electron chi connectivity index (χ2n) is 8.32. The minimum Gasteiger partial charge on any atom is -0.462 e. The van der Waals surface area contributed by atoms with E-state index < -0.39 is 28.6 Å². The molecule has 2 heterocycles. The highest BCUT2D eigenvalue weighted by Crippen LogP contribution is 2.42. The second kappa shape index (κ2) is 11.5. The zero-order chi connectivity index (χ0) is 25.5. The molecule has 0 amide bonds. The predicted octanol–water partition coefficient (Wildman–Crippen LogP) is 3.69. The summed E-state index contributed by atoms with van der Waals surface area (Å²) in [5.74, 6) is -2.82. The first-order valence-electron chi connectivity index (χ1n) is 11.5. The number of ether oxygens (including phenoxy) is 2. The van der Waals surface area contributed by atoms with Crippen LogP contribution in [0.4, 0.5) is 5.82 Å². The largest absolute Gasteiger partial charge is 0.462 e. The summed E-state index contributed by atoms with van der Waals surface area (Å²) in [5.41, 5.74) is 2.36. The summed E-state index contributed by atoms with van der Waals surface area (Å²) in [6, 6.07) is 9.83. The lowest BCUT2D eigenvalue weighted by molar-refractivity contribution is -0.390. The predicted molar refractivity (Wildman–Crippen MR) is 128 cm³/mol. The number of aromatic nitrogens is 2. The molecule has 0 aliphatic carbocycles. The van der Waals surface area contributed by atoms with Crippen molar-refractivity contribution in [3.05, 3.63) is 80.6 Å². The highest BCUT2D eigenvalue weighted by Gasteiger charge is 2.43. The van der Waals surface area contributed by atoms with Crippen LogP contribution in [0, 0.1) is 10.1 Å². The lowest BCUT2D eigenvalue weighted by atomic mass is 9.82. The van der Waals surface area contributed by atoms with Crippen molar-refractivity contribution in [3.63, 3.8) is 0 Å². The maximum atomic E-state index is 13.3. The van der Waals surface area contributed by atoms with Crippen molar-refractivity contribution in [3.8, 4) is 0 Å². The molecule has 0 radical (unpaired) electrons. The number of dihydropyridines is 1. The van der Waals surface area contributed by atoms with Crippen LogP contribution in [0.3, 0.4) is 0 Å². The number of nitrogens with one attached hydrogen (secondary N) is 1. The fourth-order valence-corrected chi connectivity index (χ4v) is 4.15. The van der Waals surface area contributed by atoms with Crippen LogP contribution in [0.2, 0.25) is 0 Å². The first-order valence-corrected chi connectivity index (χ1v) is 11.5. The Labute approximate surface area is 203 Å². The van der Waals surface area contributed by atoms with E-state index >= 15 is 0 Å². The van der Waals surface area contributed by atoms with Crippen molar-refractivity contribution in [2.24, 2.45) is 7.05 Å². The van der Waals surface area contributed by atoms with Gasteiger partial charge in [0.05, 0.1) is 30.3 Å². The molecular formula is C25H30N4O6. The maximum Gasteiger partial charge on any atom is 0.385 e. The molecule has 3 rings (SSSR count). The van der Waals surface area contributed by atoms with E-state index in [0.717, 1.165) is 12.0 Å². The number of esters is 2. The Morgan fingerprint density at radius 1 is 1.09 bits per heavy atom. The zero-order valence-corrected chi connectivity index (χ0v) is 20.4. The number of nitro groups is 1. The van der Waals surface area contributed by atoms with Gasteiger partial charge in [0.1, 0.15) is 5.69 Å². The van der Waals surface area contributed by atoms with Crippen LogP contribution in [0.1, 0.15) is 50.8 Å². The third-order valence-corrected chi connectivity index (χ3v) is 5.73. The molecule has 1 atom stereocenters. The van der Waals surface area contributed by atoms with E-state index in [1.807, 2.05) is 37.3 Å². The van der Waals surface area contributed by atoms with Gasteiger partial charge in [-0.2, -0.15) is 0 Å². The molecule has 2 aromatic rings. The first-order chi connectivity index (χ1) is 16.8. The number of carbonyl (C=O) groups is 2. The van der Waals surface area contributed by atoms with Crippen molar-refractivity contribution in [1.82, 2.24) is 14.9 Å². The minimum atomic E-state index is -1.07. The summed E-state index contributed by atoms with van der Waals surface area (Å²) in [5, 5.41) is 14.8. The third-order valence-electron chi connectivity index (χ3n) is 5.73. The summed E-state index contributed by atoms with van der Waals surface area (Å²) in [4.78, 5) is 41.4. The van der Waals surface area contributed by atoms with Gasteiger partial charge < -0.3 is 29.5 Å². The quantitative estimate of drug-likeness (QED) is 0.235. The fraction of sp³-hybridized carbons (Fsp3) is 0.400. The van der Waals surface area contributed by atoms with Crippen LogP contribution in [0.25, 0.3) is 0 Å². The average Bonchev–Trinajstić information content (AvgIpc) is 3.21. The third kappa shape index (κ3) is 5.76. The summed E-state index contributed by atoms with van der Waals surface area (Å²) < 4.78 is 12.4. The van der Waals surface area contributed by atoms with Crippen molar-refractivity contribution < 1.29 is 24.0 Å². The molecule has 0 saturated carbocycles. The highest BCUT2D eigenvalue weighted by atomic mass is 16.6. The highest BCUT2D eigenvalue weighted by molar-refractivity contribution is 6.00. The van der Waals surface area contributed by atoms with Crippen molar-refractivity contribution in [1.29, 1.82) is 0 Å². The Balaban J connectivity index is 1.94. The number of benzene rings is 1. The van der Waals surface area contributed by atoms with E-state index in [0.29, 0.717) is 24.2 Å². The lowest BCUT2D eigenvalue weighted by Crippen LogP contribution is -2.33. The normalized spacial score (nSPS) is 15.6. The molecule has 1 aromatic carbocycles. The number of allylic oxidation sites excluding steroid dienone is 2. The molecule has 1 aliphatic heterocycles. The topological polar surface area (TPSA) is 126 Å². The Kier molecular flexibility index (Phi) is 8.40. The average molecular weight is 483 g/mol. The van der Waals surface area contributed by atoms with Crippen LogP contribution < -0.4 is 5.32 Å².